The number of rotatable bonds is 2. The zero-order valence-electron chi connectivity index (χ0n) is 6.59. The van der Waals surface area contributed by atoms with E-state index in [1.54, 1.807) is 0 Å². The maximum atomic E-state index is 8.11. The van der Waals surface area contributed by atoms with Crippen LogP contribution < -0.4 is 0 Å². The molecule has 58 valence electrons. The summed E-state index contributed by atoms with van der Waals surface area (Å²) in [5.74, 6) is 0. The Morgan fingerprint density at radius 2 is 1.78 bits per heavy atom. The minimum Gasteiger partial charge on any atom is -0.394 e. The van der Waals surface area contributed by atoms with Crippen molar-refractivity contribution in [3.63, 3.8) is 0 Å². The first-order valence-corrected chi connectivity index (χ1v) is 4.89. The first kappa shape index (κ1) is 11.9. The maximum Gasteiger partial charge on any atom is 0.0742 e. The molecule has 2 N–H and O–H groups in total. The summed E-state index contributed by atoms with van der Waals surface area (Å²) in [7, 11) is 1.39. The lowest BCUT2D eigenvalue weighted by atomic mass is 10.5. The minimum absolute atomic E-state index is 0.139. The van der Waals surface area contributed by atoms with Crippen LogP contribution in [0.1, 0.15) is 20.3 Å². The Labute approximate surface area is 60.3 Å². The molecule has 0 rings (SSSR count). The summed E-state index contributed by atoms with van der Waals surface area (Å²) in [5, 5.41) is 16.0. The van der Waals surface area contributed by atoms with Gasteiger partial charge in [-0.3, -0.25) is 0 Å². The van der Waals surface area contributed by atoms with Gasteiger partial charge in [-0.15, -0.1) is 0 Å². The second-order valence-electron chi connectivity index (χ2n) is 2.03. The molecule has 0 aromatic carbocycles. The Bertz CT molecular complexity index is 38.0. The summed E-state index contributed by atoms with van der Waals surface area (Å²) in [6, 6.07) is 1.46. The fourth-order valence-electron chi connectivity index (χ4n) is 0. The van der Waals surface area contributed by atoms with Gasteiger partial charge in [-0.1, -0.05) is 19.4 Å². The third kappa shape index (κ3) is 31.1. The summed E-state index contributed by atoms with van der Waals surface area (Å²) >= 11 is 0. The molecule has 2 nitrogen and oxygen atoms in total. The molecule has 0 aliphatic rings. The average Bonchev–Trinajstić information content (AvgIpc) is 1.89. The van der Waals surface area contributed by atoms with Crippen molar-refractivity contribution < 1.29 is 10.2 Å². The van der Waals surface area contributed by atoms with E-state index in [0.29, 0.717) is 0 Å². The van der Waals surface area contributed by atoms with E-state index < -0.39 is 6.10 Å². The van der Waals surface area contributed by atoms with Gasteiger partial charge in [-0.25, -0.2) is 0 Å². The van der Waals surface area contributed by atoms with Gasteiger partial charge < -0.3 is 10.2 Å². The topological polar surface area (TPSA) is 40.5 Å². The van der Waals surface area contributed by atoms with Gasteiger partial charge in [0.05, 0.1) is 12.7 Å². The van der Waals surface area contributed by atoms with Gasteiger partial charge in [0.1, 0.15) is 0 Å². The van der Waals surface area contributed by atoms with Crippen molar-refractivity contribution in [1.29, 1.82) is 0 Å². The van der Waals surface area contributed by atoms with E-state index in [1.165, 1.54) is 29.6 Å². The fraction of sp³-hybridized carbons (Fsp3) is 1.00. The molecule has 0 radical (unpaired) electrons. The number of aliphatic hydroxyl groups excluding tert-OH is 2. The fourth-order valence-corrected chi connectivity index (χ4v) is 0. The molecular formula is C6H18O2Si. The van der Waals surface area contributed by atoms with Crippen molar-refractivity contribution in [3.8, 4) is 0 Å². The molecule has 0 fully saturated rings. The van der Waals surface area contributed by atoms with Crippen LogP contribution in [0.2, 0.25) is 6.04 Å². The van der Waals surface area contributed by atoms with Gasteiger partial charge in [0.2, 0.25) is 0 Å². The third-order valence-electron chi connectivity index (χ3n) is 0.764. The van der Waals surface area contributed by atoms with Crippen LogP contribution in [0.4, 0.5) is 0 Å². The molecule has 1 atom stereocenters. The molecule has 0 saturated heterocycles. The van der Waals surface area contributed by atoms with Crippen molar-refractivity contribution in [2.75, 3.05) is 6.61 Å². The van der Waals surface area contributed by atoms with Crippen molar-refractivity contribution in [2.45, 2.75) is 32.4 Å². The smallest absolute Gasteiger partial charge is 0.0742 e. The summed E-state index contributed by atoms with van der Waals surface area (Å²) in [6.07, 6.45) is 0.821. The van der Waals surface area contributed by atoms with E-state index in [-0.39, 0.29) is 6.61 Å². The number of hydrogen-bond donors (Lipinski definition) is 2. The normalized spacial score (nSPS) is 12.0. The first-order chi connectivity index (χ1) is 4.18. The van der Waals surface area contributed by atoms with E-state index >= 15 is 0 Å². The molecule has 0 amide bonds. The van der Waals surface area contributed by atoms with Crippen molar-refractivity contribution in [1.82, 2.24) is 0 Å². The van der Waals surface area contributed by atoms with Gasteiger partial charge in [0.25, 0.3) is 0 Å². The maximum absolute atomic E-state index is 8.11. The zero-order valence-corrected chi connectivity index (χ0v) is 8.59. The van der Waals surface area contributed by atoms with E-state index in [0.717, 1.165) is 0 Å². The molecule has 0 aromatic rings. The van der Waals surface area contributed by atoms with E-state index in [4.69, 9.17) is 10.2 Å². The molecule has 0 saturated carbocycles. The van der Waals surface area contributed by atoms with Crippen LogP contribution in [0.25, 0.3) is 0 Å². The van der Waals surface area contributed by atoms with Crippen molar-refractivity contribution >= 4 is 10.2 Å². The second-order valence-corrected chi connectivity index (χ2v) is 3.03. The molecular weight excluding hydrogens is 132 g/mol. The zero-order chi connectivity index (χ0) is 7.70. The monoisotopic (exact) mass is 150 g/mol. The number of aliphatic hydroxyl groups is 2. The second kappa shape index (κ2) is 11.0. The van der Waals surface area contributed by atoms with Gasteiger partial charge in [-0.2, -0.15) is 0 Å². The van der Waals surface area contributed by atoms with Crippen molar-refractivity contribution in [3.05, 3.63) is 0 Å². The highest BCUT2D eigenvalue weighted by Gasteiger charge is 1.83. The largest absolute Gasteiger partial charge is 0.394 e. The Morgan fingerprint density at radius 1 is 1.56 bits per heavy atom. The van der Waals surface area contributed by atoms with Crippen LogP contribution in [0.3, 0.4) is 0 Å². The summed E-state index contributed by atoms with van der Waals surface area (Å²) in [6.45, 7) is 3.60. The molecule has 0 aliphatic heterocycles. The van der Waals surface area contributed by atoms with Gasteiger partial charge in [0.15, 0.2) is 0 Å². The Balaban J connectivity index is 0. The molecule has 9 heavy (non-hydrogen) atoms. The Kier molecular flexibility index (Phi) is 14.5. The lowest BCUT2D eigenvalue weighted by molar-refractivity contribution is 0.110. The molecule has 1 unspecified atom stereocenters. The van der Waals surface area contributed by atoms with E-state index in [9.17, 15) is 0 Å². The van der Waals surface area contributed by atoms with Crippen LogP contribution in [-0.2, 0) is 0 Å². The number of hydrogen-bond acceptors (Lipinski definition) is 2. The quantitative estimate of drug-likeness (QED) is 0.523. The van der Waals surface area contributed by atoms with E-state index in [2.05, 4.69) is 6.92 Å². The summed E-state index contributed by atoms with van der Waals surface area (Å²) in [4.78, 5) is 0. The van der Waals surface area contributed by atoms with E-state index in [1.807, 2.05) is 0 Å². The minimum atomic E-state index is -0.560. The molecule has 0 spiro atoms. The highest BCUT2D eigenvalue weighted by molar-refractivity contribution is 6.08. The SMILES string of the molecule is CC(O)CO.CCC[SiH3]. The Morgan fingerprint density at radius 3 is 1.78 bits per heavy atom. The van der Waals surface area contributed by atoms with Gasteiger partial charge in [-0.05, 0) is 6.92 Å². The molecule has 3 heteroatoms. The van der Waals surface area contributed by atoms with Crippen LogP contribution in [-0.4, -0.2) is 33.2 Å². The van der Waals surface area contributed by atoms with Gasteiger partial charge in [0, 0.05) is 10.2 Å². The van der Waals surface area contributed by atoms with Crippen molar-refractivity contribution in [2.24, 2.45) is 0 Å². The predicted molar refractivity (Wildman–Crippen MR) is 43.8 cm³/mol. The third-order valence-corrected chi connectivity index (χ3v) is 1.76. The predicted octanol–water partition coefficient (Wildman–Crippen LogP) is -0.460. The highest BCUT2D eigenvalue weighted by Crippen LogP contribution is 1.73. The van der Waals surface area contributed by atoms with Crippen LogP contribution in [0, 0.1) is 0 Å². The molecule has 0 aromatic heterocycles. The van der Waals surface area contributed by atoms with Gasteiger partial charge >= 0.3 is 0 Å². The summed E-state index contributed by atoms with van der Waals surface area (Å²) < 4.78 is 0. The lowest BCUT2D eigenvalue weighted by Crippen LogP contribution is -2.03. The summed E-state index contributed by atoms with van der Waals surface area (Å²) in [5.41, 5.74) is 0. The first-order valence-electron chi connectivity index (χ1n) is 3.47. The van der Waals surface area contributed by atoms with Crippen LogP contribution in [0.15, 0.2) is 0 Å². The average molecular weight is 150 g/mol. The van der Waals surface area contributed by atoms with Crippen LogP contribution in [0.5, 0.6) is 0 Å². The standard InChI is InChI=1S/C3H8O2.C3H10Si/c1-3(5)2-4;1-2-3-4/h3-5H,2H2,1H3;2-3H2,1,4H3. The molecule has 0 bridgehead atoms. The van der Waals surface area contributed by atoms with Crippen LogP contribution >= 0.6 is 0 Å². The lowest BCUT2D eigenvalue weighted by Gasteiger charge is -1.90. The molecule has 0 heterocycles. The highest BCUT2D eigenvalue weighted by atomic mass is 28.1. The Hall–Kier alpha value is 0.137. The molecule has 0 aliphatic carbocycles.